The molecule has 1 aromatic carbocycles. The first kappa shape index (κ1) is 20.9. The fraction of sp³-hybridized carbons (Fsp3) is 0.600. The van der Waals surface area contributed by atoms with Gasteiger partial charge in [0.2, 0.25) is 6.43 Å². The molecule has 0 spiro atoms. The molecule has 0 amide bonds. The molecule has 6 heteroatoms. The van der Waals surface area contributed by atoms with Crippen LogP contribution >= 0.6 is 0 Å². The molecule has 3 nitrogen and oxygen atoms in total. The van der Waals surface area contributed by atoms with Gasteiger partial charge in [-0.25, -0.2) is 8.78 Å². The van der Waals surface area contributed by atoms with E-state index in [-0.39, 0.29) is 36.1 Å². The summed E-state index contributed by atoms with van der Waals surface area (Å²) in [6, 6.07) is 6.58. The van der Waals surface area contributed by atoms with E-state index in [1.807, 2.05) is 33.9 Å². The van der Waals surface area contributed by atoms with Gasteiger partial charge >= 0.3 is 0 Å². The number of hydrogen-bond acceptors (Lipinski definition) is 3. The second kappa shape index (κ2) is 7.68. The third kappa shape index (κ3) is 4.46. The van der Waals surface area contributed by atoms with Gasteiger partial charge in [0, 0.05) is 36.5 Å². The maximum atomic E-state index is 13.8. The highest BCUT2D eigenvalue weighted by molar-refractivity contribution is 6.74. The fourth-order valence-electron chi connectivity index (χ4n) is 2.98. The molecule has 0 aliphatic heterocycles. The van der Waals surface area contributed by atoms with Crippen LogP contribution in [0.4, 0.5) is 8.78 Å². The molecule has 1 aromatic rings. The predicted octanol–water partition coefficient (Wildman–Crippen LogP) is 5.37. The number of benzene rings is 1. The van der Waals surface area contributed by atoms with E-state index < -0.39 is 26.6 Å². The summed E-state index contributed by atoms with van der Waals surface area (Å²) in [5.74, 6) is -2.30. The number of fused-ring (bicyclic) bond motifs is 1. The van der Waals surface area contributed by atoms with Crippen LogP contribution in [0.5, 0.6) is 0 Å². The third-order valence-electron chi connectivity index (χ3n) is 5.80. The molecule has 0 fully saturated rings. The van der Waals surface area contributed by atoms with Crippen molar-refractivity contribution in [2.24, 2.45) is 11.8 Å². The monoisotopic (exact) mass is 382 g/mol. The smallest absolute Gasteiger partial charge is 0.243 e. The van der Waals surface area contributed by atoms with E-state index in [0.717, 1.165) is 0 Å². The van der Waals surface area contributed by atoms with Gasteiger partial charge in [-0.3, -0.25) is 9.59 Å². The van der Waals surface area contributed by atoms with Crippen molar-refractivity contribution in [2.75, 3.05) is 6.61 Å². The Bertz CT molecular complexity index is 643. The second-order valence-electron chi connectivity index (χ2n) is 8.63. The summed E-state index contributed by atoms with van der Waals surface area (Å²) in [4.78, 5) is 25.0. The van der Waals surface area contributed by atoms with Gasteiger partial charge in [0.1, 0.15) is 0 Å². The lowest BCUT2D eigenvalue weighted by atomic mass is 9.86. The zero-order valence-electron chi connectivity index (χ0n) is 16.1. The molecule has 0 radical (unpaired) electrons. The lowest BCUT2D eigenvalue weighted by Gasteiger charge is -2.38. The van der Waals surface area contributed by atoms with Crippen LogP contribution in [0.2, 0.25) is 18.1 Å². The molecule has 0 saturated heterocycles. The average molecular weight is 383 g/mol. The minimum Gasteiger partial charge on any atom is -0.416 e. The Morgan fingerprint density at radius 1 is 1.08 bits per heavy atom. The fourth-order valence-corrected chi connectivity index (χ4v) is 4.02. The minimum absolute atomic E-state index is 0.0430. The number of carbonyl (C=O) groups excluding carboxylic acids is 2. The van der Waals surface area contributed by atoms with Crippen LogP contribution in [-0.2, 0) is 4.43 Å². The van der Waals surface area contributed by atoms with Crippen LogP contribution in [0.15, 0.2) is 24.3 Å². The number of ketones is 2. The Hall–Kier alpha value is -1.40. The van der Waals surface area contributed by atoms with Crippen molar-refractivity contribution in [3.05, 3.63) is 35.4 Å². The molecular formula is C20H28F2O3Si. The Morgan fingerprint density at radius 2 is 1.54 bits per heavy atom. The standard InChI is InChI=1S/C20H28F2O3Si/c1-20(2,3)26(4,5)25-12-16(19(21)22)13-10-17(23)14-8-6-7-9-15(14)18(24)11-13/h6-9,13,16,19H,10-12H2,1-5H3/t16-/m1/s1. The van der Waals surface area contributed by atoms with Crippen LogP contribution < -0.4 is 0 Å². The molecule has 0 bridgehead atoms. The zero-order chi connectivity index (χ0) is 19.7. The molecule has 1 aliphatic carbocycles. The number of hydrogen-bond donors (Lipinski definition) is 0. The van der Waals surface area contributed by atoms with Crippen molar-refractivity contribution in [1.82, 2.24) is 0 Å². The van der Waals surface area contributed by atoms with Crippen LogP contribution in [-0.4, -0.2) is 32.9 Å². The van der Waals surface area contributed by atoms with Crippen LogP contribution in [0, 0.1) is 11.8 Å². The van der Waals surface area contributed by atoms with Crippen molar-refractivity contribution in [2.45, 2.75) is 58.2 Å². The Kier molecular flexibility index (Phi) is 6.18. The topological polar surface area (TPSA) is 43.4 Å². The highest BCUT2D eigenvalue weighted by Crippen LogP contribution is 2.39. The summed E-state index contributed by atoms with van der Waals surface area (Å²) in [6.45, 7) is 10.0. The molecule has 0 N–H and O–H groups in total. The third-order valence-corrected chi connectivity index (χ3v) is 10.3. The first-order valence-corrected chi connectivity index (χ1v) is 11.9. The van der Waals surface area contributed by atoms with Crippen LogP contribution in [0.1, 0.15) is 54.3 Å². The van der Waals surface area contributed by atoms with E-state index in [9.17, 15) is 18.4 Å². The number of alkyl halides is 2. The molecular weight excluding hydrogens is 354 g/mol. The quantitative estimate of drug-likeness (QED) is 0.508. The normalized spacial score (nSPS) is 18.0. The van der Waals surface area contributed by atoms with Gasteiger partial charge < -0.3 is 4.43 Å². The highest BCUT2D eigenvalue weighted by atomic mass is 28.4. The molecule has 144 valence electrons. The van der Waals surface area contributed by atoms with Gasteiger partial charge in [-0.05, 0) is 24.1 Å². The Morgan fingerprint density at radius 3 is 1.92 bits per heavy atom. The van der Waals surface area contributed by atoms with Gasteiger partial charge in [0.15, 0.2) is 19.9 Å². The molecule has 2 rings (SSSR count). The second-order valence-corrected chi connectivity index (χ2v) is 13.4. The van der Waals surface area contributed by atoms with Gasteiger partial charge in [-0.1, -0.05) is 45.0 Å². The predicted molar refractivity (Wildman–Crippen MR) is 100 cm³/mol. The van der Waals surface area contributed by atoms with E-state index in [1.54, 1.807) is 24.3 Å². The summed E-state index contributed by atoms with van der Waals surface area (Å²) in [5, 5.41) is -0.0923. The van der Waals surface area contributed by atoms with Gasteiger partial charge in [0.25, 0.3) is 0 Å². The van der Waals surface area contributed by atoms with E-state index >= 15 is 0 Å². The molecule has 0 saturated carbocycles. The number of rotatable bonds is 5. The number of Topliss-reactive ketones (excluding diaryl/α,β-unsaturated/α-hetero) is 2. The Balaban J connectivity index is 2.21. The summed E-state index contributed by atoms with van der Waals surface area (Å²) in [5.41, 5.74) is 0.691. The lowest BCUT2D eigenvalue weighted by Crippen LogP contribution is -2.43. The van der Waals surface area contributed by atoms with Crippen molar-refractivity contribution in [3.63, 3.8) is 0 Å². The van der Waals surface area contributed by atoms with E-state index in [1.165, 1.54) is 0 Å². The van der Waals surface area contributed by atoms with Gasteiger partial charge in [0.05, 0.1) is 0 Å². The average Bonchev–Trinajstić information content (AvgIpc) is 2.64. The van der Waals surface area contributed by atoms with Crippen molar-refractivity contribution < 1.29 is 22.8 Å². The first-order chi connectivity index (χ1) is 11.9. The SMILES string of the molecule is CC(C)(C)[Si](C)(C)OC[C@@H](C(F)F)C1CC(=O)c2ccccc2C(=O)C1. The largest absolute Gasteiger partial charge is 0.416 e. The maximum absolute atomic E-state index is 13.8. The molecule has 26 heavy (non-hydrogen) atoms. The summed E-state index contributed by atoms with van der Waals surface area (Å²) in [6.07, 6.45) is -2.72. The first-order valence-electron chi connectivity index (χ1n) is 9.01. The zero-order valence-corrected chi connectivity index (χ0v) is 17.1. The van der Waals surface area contributed by atoms with Gasteiger partial charge in [-0.2, -0.15) is 0 Å². The molecule has 1 aliphatic rings. The number of halogens is 2. The lowest BCUT2D eigenvalue weighted by molar-refractivity contribution is 0.00941. The van der Waals surface area contributed by atoms with Crippen molar-refractivity contribution in [3.8, 4) is 0 Å². The maximum Gasteiger partial charge on any atom is 0.243 e. The summed E-state index contributed by atoms with van der Waals surface area (Å²) in [7, 11) is -2.19. The number of carbonyl (C=O) groups is 2. The van der Waals surface area contributed by atoms with Crippen molar-refractivity contribution >= 4 is 19.9 Å². The molecule has 1 atom stereocenters. The molecule has 0 heterocycles. The highest BCUT2D eigenvalue weighted by Gasteiger charge is 2.41. The van der Waals surface area contributed by atoms with Gasteiger partial charge in [-0.15, -0.1) is 0 Å². The summed E-state index contributed by atoms with van der Waals surface area (Å²) >= 11 is 0. The van der Waals surface area contributed by atoms with Crippen LogP contribution in [0.25, 0.3) is 0 Å². The van der Waals surface area contributed by atoms with Crippen molar-refractivity contribution in [1.29, 1.82) is 0 Å². The molecule has 0 aromatic heterocycles. The summed E-state index contributed by atoms with van der Waals surface area (Å²) < 4.78 is 33.6. The van der Waals surface area contributed by atoms with E-state index in [2.05, 4.69) is 0 Å². The minimum atomic E-state index is -2.63. The van der Waals surface area contributed by atoms with Crippen LogP contribution in [0.3, 0.4) is 0 Å². The van der Waals surface area contributed by atoms with E-state index in [4.69, 9.17) is 4.43 Å². The molecule has 0 unspecified atom stereocenters. The Labute approximate surface area is 155 Å². The van der Waals surface area contributed by atoms with E-state index in [0.29, 0.717) is 11.1 Å².